The Morgan fingerprint density at radius 3 is 1.88 bits per heavy atom. The SMILES string of the molecule is CC(C)(C)N1ON(c2cccc(Sc3ccc4c5ccccc5n(-c5cc(-c6c(-c7ccccc7)cccc6-c6ccccc6)ccn5)c4c3)c2)c2ccccc21. The lowest BCUT2D eigenvalue weighted by molar-refractivity contribution is 0.0842. The predicted molar refractivity (Wildman–Crippen MR) is 237 cm³/mol. The van der Waals surface area contributed by atoms with Crippen LogP contribution in [0.15, 0.2) is 198 Å². The van der Waals surface area contributed by atoms with Crippen molar-refractivity contribution in [1.82, 2.24) is 9.55 Å². The zero-order valence-corrected chi connectivity index (χ0v) is 32.8. The average Bonchev–Trinajstić information content (AvgIpc) is 3.81. The summed E-state index contributed by atoms with van der Waals surface area (Å²) in [6.45, 7) is 6.48. The molecule has 3 heterocycles. The highest BCUT2D eigenvalue weighted by Gasteiger charge is 2.35. The van der Waals surface area contributed by atoms with Crippen molar-refractivity contribution >= 4 is 50.6 Å². The van der Waals surface area contributed by atoms with Crippen LogP contribution in [0, 0.1) is 0 Å². The first kappa shape index (κ1) is 34.9. The van der Waals surface area contributed by atoms with E-state index in [-0.39, 0.29) is 5.54 Å². The highest BCUT2D eigenvalue weighted by atomic mass is 32.2. The van der Waals surface area contributed by atoms with Gasteiger partial charge in [0.1, 0.15) is 5.82 Å². The van der Waals surface area contributed by atoms with Gasteiger partial charge in [0.25, 0.3) is 0 Å². The minimum atomic E-state index is -0.213. The molecule has 0 amide bonds. The van der Waals surface area contributed by atoms with Gasteiger partial charge < -0.3 is 0 Å². The quantitative estimate of drug-likeness (QED) is 0.162. The third kappa shape index (κ3) is 6.33. The Balaban J connectivity index is 1.07. The molecule has 5 nitrogen and oxygen atoms in total. The molecule has 6 heteroatoms. The third-order valence-electron chi connectivity index (χ3n) is 10.5. The molecule has 0 saturated heterocycles. The minimum absolute atomic E-state index is 0.213. The Labute approximate surface area is 337 Å². The summed E-state index contributed by atoms with van der Waals surface area (Å²) in [6.07, 6.45) is 1.95. The lowest BCUT2D eigenvalue weighted by atomic mass is 9.88. The summed E-state index contributed by atoms with van der Waals surface area (Å²) in [5.41, 5.74) is 12.1. The molecule has 2 aromatic heterocycles. The van der Waals surface area contributed by atoms with Gasteiger partial charge in [-0.2, -0.15) is 5.06 Å². The standard InChI is InChI=1S/C51H40N4OS/c1-51(2,3)55-47-27-13-12-26-46(47)54(56-55)38-20-14-21-39(33-38)57-40-28-29-44-43-22-10-11-25-45(43)53(48(44)34-40)49-32-37(30-31-52-49)50-41(35-16-6-4-7-17-35)23-15-24-42(50)36-18-8-5-9-19-36/h4-34H,1-3H3. The molecule has 10 rings (SSSR count). The number of pyridine rings is 1. The molecule has 0 fully saturated rings. The predicted octanol–water partition coefficient (Wildman–Crippen LogP) is 13.9. The van der Waals surface area contributed by atoms with E-state index in [4.69, 9.17) is 9.92 Å². The first-order valence-corrected chi connectivity index (χ1v) is 20.1. The van der Waals surface area contributed by atoms with Crippen molar-refractivity contribution in [3.63, 3.8) is 0 Å². The Kier molecular flexibility index (Phi) is 8.66. The van der Waals surface area contributed by atoms with Crippen LogP contribution in [0.4, 0.5) is 17.1 Å². The van der Waals surface area contributed by atoms with Crippen molar-refractivity contribution in [2.45, 2.75) is 36.1 Å². The highest BCUT2D eigenvalue weighted by molar-refractivity contribution is 7.99. The average molecular weight is 757 g/mol. The maximum atomic E-state index is 6.50. The van der Waals surface area contributed by atoms with Crippen LogP contribution in [0.1, 0.15) is 20.8 Å². The molecule has 0 bridgehead atoms. The molecule has 0 radical (unpaired) electrons. The Hall–Kier alpha value is -6.60. The summed E-state index contributed by atoms with van der Waals surface area (Å²) >= 11 is 1.75. The van der Waals surface area contributed by atoms with Crippen molar-refractivity contribution < 1.29 is 4.94 Å². The van der Waals surface area contributed by atoms with Crippen LogP contribution in [-0.4, -0.2) is 15.1 Å². The molecule has 0 N–H and O–H groups in total. The number of rotatable bonds is 7. The Bertz CT molecular complexity index is 2860. The lowest BCUT2D eigenvalue weighted by Gasteiger charge is -2.31. The van der Waals surface area contributed by atoms with E-state index in [2.05, 4.69) is 207 Å². The van der Waals surface area contributed by atoms with Gasteiger partial charge in [0.2, 0.25) is 0 Å². The zero-order chi connectivity index (χ0) is 38.5. The largest absolute Gasteiger partial charge is 0.294 e. The van der Waals surface area contributed by atoms with Crippen molar-refractivity contribution in [2.75, 3.05) is 10.1 Å². The third-order valence-corrected chi connectivity index (χ3v) is 11.5. The van der Waals surface area contributed by atoms with Crippen molar-refractivity contribution in [3.05, 3.63) is 188 Å². The number of aromatic nitrogens is 2. The minimum Gasteiger partial charge on any atom is -0.294 e. The molecule has 1 aliphatic rings. The molecule has 0 aliphatic carbocycles. The highest BCUT2D eigenvalue weighted by Crippen LogP contribution is 2.46. The molecule has 0 spiro atoms. The maximum Gasteiger partial charge on any atom is 0.138 e. The van der Waals surface area contributed by atoms with Crippen LogP contribution in [0.2, 0.25) is 0 Å². The van der Waals surface area contributed by atoms with Crippen LogP contribution in [-0.2, 0) is 4.94 Å². The van der Waals surface area contributed by atoms with Gasteiger partial charge in [0, 0.05) is 26.8 Å². The fourth-order valence-corrected chi connectivity index (χ4v) is 8.90. The summed E-state index contributed by atoms with van der Waals surface area (Å²) in [5.74, 6) is 0.873. The van der Waals surface area contributed by atoms with Crippen LogP contribution in [0.5, 0.6) is 0 Å². The van der Waals surface area contributed by atoms with Gasteiger partial charge in [-0.25, -0.2) is 10.0 Å². The second-order valence-electron chi connectivity index (χ2n) is 15.3. The summed E-state index contributed by atoms with van der Waals surface area (Å²) in [4.78, 5) is 13.8. The first-order chi connectivity index (χ1) is 27.9. The molecular weight excluding hydrogens is 717 g/mol. The topological polar surface area (TPSA) is 33.5 Å². The second-order valence-corrected chi connectivity index (χ2v) is 16.5. The molecule has 1 aliphatic heterocycles. The summed E-state index contributed by atoms with van der Waals surface area (Å²) in [6, 6.07) is 64.7. The number of hydrogen-bond acceptors (Lipinski definition) is 5. The van der Waals surface area contributed by atoms with E-state index in [0.29, 0.717) is 0 Å². The number of hydroxylamine groups is 1. The molecule has 0 atom stereocenters. The number of fused-ring (bicyclic) bond motifs is 4. The molecule has 9 aromatic rings. The second kappa shape index (κ2) is 14.2. The number of nitrogens with zero attached hydrogens (tertiary/aromatic N) is 4. The summed E-state index contributed by atoms with van der Waals surface area (Å²) in [7, 11) is 0. The Morgan fingerprint density at radius 2 is 1.14 bits per heavy atom. The van der Waals surface area contributed by atoms with E-state index in [1.807, 2.05) is 16.3 Å². The van der Waals surface area contributed by atoms with Gasteiger partial charge >= 0.3 is 0 Å². The summed E-state index contributed by atoms with van der Waals surface area (Å²) < 4.78 is 2.32. The van der Waals surface area contributed by atoms with Gasteiger partial charge in [-0.1, -0.05) is 133 Å². The van der Waals surface area contributed by atoms with Gasteiger partial charge in [0.05, 0.1) is 33.6 Å². The maximum absolute atomic E-state index is 6.50. The van der Waals surface area contributed by atoms with Crippen molar-refractivity contribution in [3.8, 4) is 39.2 Å². The van der Waals surface area contributed by atoms with E-state index in [1.54, 1.807) is 11.8 Å². The molecule has 0 unspecified atom stereocenters. The fraction of sp³-hybridized carbons (Fsp3) is 0.0784. The normalized spacial score (nSPS) is 12.8. The smallest absolute Gasteiger partial charge is 0.138 e. The molecule has 276 valence electrons. The monoisotopic (exact) mass is 756 g/mol. The van der Waals surface area contributed by atoms with Crippen molar-refractivity contribution in [2.24, 2.45) is 0 Å². The van der Waals surface area contributed by atoms with E-state index in [9.17, 15) is 0 Å². The molecule has 7 aromatic carbocycles. The van der Waals surface area contributed by atoms with E-state index in [1.165, 1.54) is 38.6 Å². The number of anilines is 3. The van der Waals surface area contributed by atoms with Crippen LogP contribution < -0.4 is 10.1 Å². The summed E-state index contributed by atoms with van der Waals surface area (Å²) in [5, 5.41) is 6.31. The van der Waals surface area contributed by atoms with E-state index in [0.717, 1.165) is 49.3 Å². The molecule has 57 heavy (non-hydrogen) atoms. The first-order valence-electron chi connectivity index (χ1n) is 19.3. The molecule has 0 saturated carbocycles. The van der Waals surface area contributed by atoms with E-state index >= 15 is 0 Å². The number of para-hydroxylation sites is 3. The van der Waals surface area contributed by atoms with Crippen molar-refractivity contribution in [1.29, 1.82) is 0 Å². The number of hydrogen-bond donors (Lipinski definition) is 0. The van der Waals surface area contributed by atoms with Gasteiger partial charge in [-0.15, -0.1) is 4.94 Å². The van der Waals surface area contributed by atoms with Crippen LogP contribution in [0.3, 0.4) is 0 Å². The Morgan fingerprint density at radius 1 is 0.509 bits per heavy atom. The van der Waals surface area contributed by atoms with Crippen LogP contribution >= 0.6 is 11.8 Å². The lowest BCUT2D eigenvalue weighted by Crippen LogP contribution is -2.41. The zero-order valence-electron chi connectivity index (χ0n) is 32.0. The van der Waals surface area contributed by atoms with Crippen LogP contribution in [0.25, 0.3) is 61.0 Å². The number of benzene rings is 7. The van der Waals surface area contributed by atoms with Gasteiger partial charge in [-0.05, 0) is 115 Å². The van der Waals surface area contributed by atoms with Gasteiger partial charge in [0.15, 0.2) is 0 Å². The fourth-order valence-electron chi connectivity index (χ4n) is 7.99. The molecular formula is C51H40N4OS. The van der Waals surface area contributed by atoms with E-state index < -0.39 is 0 Å². The van der Waals surface area contributed by atoms with Gasteiger partial charge in [-0.3, -0.25) is 4.57 Å².